The Labute approximate surface area is 245 Å². The number of aliphatic carboxylic acids is 1. The molecule has 0 saturated carbocycles. The van der Waals surface area contributed by atoms with Crippen molar-refractivity contribution in [3.8, 4) is 11.5 Å². The highest BCUT2D eigenvalue weighted by molar-refractivity contribution is 6.24. The molecule has 3 heterocycles. The number of methoxy groups -OCH3 is 2. The average Bonchev–Trinajstić information content (AvgIpc) is 3.64. The van der Waals surface area contributed by atoms with Gasteiger partial charge in [-0.1, -0.05) is 30.3 Å². The molecule has 2 aliphatic rings. The van der Waals surface area contributed by atoms with Crippen LogP contribution < -0.4 is 19.7 Å². The largest absolute Gasteiger partial charge is 0.496 e. The van der Waals surface area contributed by atoms with Gasteiger partial charge < -0.3 is 19.6 Å². The SMILES string of the molecule is COc1ccc(C2NC(Cc3c[nH]c4ccccc34)(C(=O)O)C3C(=O)N(c4cccc([N+](=O)[O-])c4)C(=O)C23)c(OC)c1C. The number of rotatable bonds is 8. The normalized spacial score (nSPS) is 23.0. The molecule has 2 aliphatic heterocycles. The van der Waals surface area contributed by atoms with Crippen molar-refractivity contribution in [1.82, 2.24) is 10.3 Å². The van der Waals surface area contributed by atoms with Gasteiger partial charge in [0.25, 0.3) is 5.69 Å². The van der Waals surface area contributed by atoms with Gasteiger partial charge >= 0.3 is 5.97 Å². The predicted molar refractivity (Wildman–Crippen MR) is 155 cm³/mol. The number of nitrogens with zero attached hydrogens (tertiary/aromatic N) is 2. The summed E-state index contributed by atoms with van der Waals surface area (Å²) in [5, 5.41) is 26.4. The third kappa shape index (κ3) is 4.13. The highest BCUT2D eigenvalue weighted by Crippen LogP contribution is 2.53. The smallest absolute Gasteiger partial charge is 0.325 e. The van der Waals surface area contributed by atoms with Crippen LogP contribution >= 0.6 is 0 Å². The van der Waals surface area contributed by atoms with Crippen molar-refractivity contribution in [2.24, 2.45) is 11.8 Å². The highest BCUT2D eigenvalue weighted by Gasteiger charge is 2.69. The Balaban J connectivity index is 1.55. The fourth-order valence-corrected chi connectivity index (χ4v) is 6.71. The molecule has 12 nitrogen and oxygen atoms in total. The van der Waals surface area contributed by atoms with Crippen LogP contribution in [0.4, 0.5) is 11.4 Å². The predicted octanol–water partition coefficient (Wildman–Crippen LogP) is 3.92. The van der Waals surface area contributed by atoms with E-state index in [4.69, 9.17) is 9.47 Å². The van der Waals surface area contributed by atoms with Crippen LogP contribution in [0, 0.1) is 28.9 Å². The lowest BCUT2D eigenvalue weighted by molar-refractivity contribution is -0.384. The molecule has 4 aromatic rings. The first-order valence-corrected chi connectivity index (χ1v) is 13.5. The Bertz CT molecular complexity index is 1820. The van der Waals surface area contributed by atoms with Crippen LogP contribution in [0.25, 0.3) is 10.9 Å². The third-order valence-electron chi connectivity index (χ3n) is 8.62. The highest BCUT2D eigenvalue weighted by atomic mass is 16.6. The number of nitrogens with one attached hydrogen (secondary N) is 2. The van der Waals surface area contributed by atoms with Crippen LogP contribution in [0.5, 0.6) is 11.5 Å². The second-order valence-corrected chi connectivity index (χ2v) is 10.7. The number of aromatic nitrogens is 1. The second-order valence-electron chi connectivity index (χ2n) is 10.7. The number of para-hydroxylation sites is 1. The van der Waals surface area contributed by atoms with Gasteiger partial charge in [-0.05, 0) is 30.7 Å². The van der Waals surface area contributed by atoms with Gasteiger partial charge in [0.1, 0.15) is 17.0 Å². The van der Waals surface area contributed by atoms with Gasteiger partial charge in [0.2, 0.25) is 11.8 Å². The summed E-state index contributed by atoms with van der Waals surface area (Å²) in [6, 6.07) is 15.0. The number of hydrogen-bond donors (Lipinski definition) is 3. The first-order chi connectivity index (χ1) is 20.6. The number of hydrogen-bond acceptors (Lipinski definition) is 8. The van der Waals surface area contributed by atoms with Crippen LogP contribution in [-0.2, 0) is 20.8 Å². The number of amides is 2. The van der Waals surface area contributed by atoms with Crippen molar-refractivity contribution in [2.75, 3.05) is 19.1 Å². The zero-order valence-corrected chi connectivity index (χ0v) is 23.5. The number of carbonyl (C=O) groups is 3. The zero-order chi connectivity index (χ0) is 30.6. The van der Waals surface area contributed by atoms with E-state index in [1.54, 1.807) is 25.3 Å². The fourth-order valence-electron chi connectivity index (χ4n) is 6.71. The summed E-state index contributed by atoms with van der Waals surface area (Å²) in [6.45, 7) is 1.78. The Morgan fingerprint density at radius 2 is 1.84 bits per heavy atom. The molecule has 2 fully saturated rings. The molecule has 0 radical (unpaired) electrons. The number of benzene rings is 3. The topological polar surface area (TPSA) is 164 Å². The van der Waals surface area contributed by atoms with E-state index >= 15 is 0 Å². The van der Waals surface area contributed by atoms with E-state index in [0.29, 0.717) is 28.2 Å². The first kappa shape index (κ1) is 27.9. The number of carboxylic acids is 1. The van der Waals surface area contributed by atoms with Crippen molar-refractivity contribution in [3.05, 3.63) is 93.7 Å². The van der Waals surface area contributed by atoms with E-state index in [-0.39, 0.29) is 17.8 Å². The number of H-pyrrole nitrogens is 1. The maximum atomic E-state index is 14.3. The maximum absolute atomic E-state index is 14.3. The van der Waals surface area contributed by atoms with E-state index in [1.807, 2.05) is 24.3 Å². The van der Waals surface area contributed by atoms with Crippen molar-refractivity contribution in [1.29, 1.82) is 0 Å². The van der Waals surface area contributed by atoms with Gasteiger partial charge in [-0.3, -0.25) is 29.8 Å². The summed E-state index contributed by atoms with van der Waals surface area (Å²) < 4.78 is 11.2. The minimum atomic E-state index is -1.92. The summed E-state index contributed by atoms with van der Waals surface area (Å²) in [5.74, 6) is -4.30. The number of fused-ring (bicyclic) bond motifs is 2. The minimum absolute atomic E-state index is 0.00149. The van der Waals surface area contributed by atoms with Crippen LogP contribution in [-0.4, -0.2) is 52.6 Å². The lowest BCUT2D eigenvalue weighted by Crippen LogP contribution is -2.57. The molecule has 2 amide bonds. The first-order valence-electron chi connectivity index (χ1n) is 13.5. The molecular formula is C31H28N4O8. The molecule has 43 heavy (non-hydrogen) atoms. The zero-order valence-electron chi connectivity index (χ0n) is 23.5. The lowest BCUT2D eigenvalue weighted by Gasteiger charge is -2.31. The number of carboxylic acid groups (broad SMARTS) is 1. The molecule has 4 atom stereocenters. The molecule has 6 rings (SSSR count). The fraction of sp³-hybridized carbons (Fsp3) is 0.258. The summed E-state index contributed by atoms with van der Waals surface area (Å²) in [6.07, 6.45) is 1.58. The van der Waals surface area contributed by atoms with Crippen LogP contribution in [0.1, 0.15) is 22.7 Å². The quantitative estimate of drug-likeness (QED) is 0.158. The summed E-state index contributed by atoms with van der Waals surface area (Å²) in [7, 11) is 2.98. The summed E-state index contributed by atoms with van der Waals surface area (Å²) in [5.41, 5.74) is 0.349. The number of carbonyl (C=O) groups excluding carboxylic acids is 2. The van der Waals surface area contributed by atoms with E-state index in [1.165, 1.54) is 32.4 Å². The molecular weight excluding hydrogens is 556 g/mol. The van der Waals surface area contributed by atoms with Crippen LogP contribution in [0.3, 0.4) is 0 Å². The van der Waals surface area contributed by atoms with Crippen LogP contribution in [0.15, 0.2) is 66.9 Å². The number of aromatic amines is 1. The van der Waals surface area contributed by atoms with Crippen LogP contribution in [0.2, 0.25) is 0 Å². The van der Waals surface area contributed by atoms with Gasteiger partial charge in [0.15, 0.2) is 0 Å². The third-order valence-corrected chi connectivity index (χ3v) is 8.62. The number of ether oxygens (including phenoxy) is 2. The Kier molecular flexibility index (Phi) is 6.65. The van der Waals surface area contributed by atoms with Crippen molar-refractivity contribution < 1.29 is 33.9 Å². The monoisotopic (exact) mass is 584 g/mol. The Morgan fingerprint density at radius 1 is 1.07 bits per heavy atom. The standard InChI is InChI=1S/C31H28N4O8/c1-16-23(42-2)12-11-21(27(16)43-3)26-24-25(29(37)34(28(24)36)18-7-6-8-19(13-18)35(40)41)31(33-26,30(38)39)14-17-15-32-22-10-5-4-9-20(17)22/h4-13,15,24-26,32-33H,14H2,1-3H3,(H,38,39). The molecule has 3 aromatic carbocycles. The summed E-state index contributed by atoms with van der Waals surface area (Å²) >= 11 is 0. The molecule has 0 spiro atoms. The van der Waals surface area contributed by atoms with Crippen molar-refractivity contribution in [2.45, 2.75) is 24.9 Å². The van der Waals surface area contributed by atoms with Gasteiger partial charge in [0.05, 0.1) is 36.7 Å². The minimum Gasteiger partial charge on any atom is -0.496 e. The van der Waals surface area contributed by atoms with E-state index in [0.717, 1.165) is 21.9 Å². The molecule has 0 bridgehead atoms. The number of imide groups is 1. The van der Waals surface area contributed by atoms with Gasteiger partial charge in [0, 0.05) is 52.8 Å². The van der Waals surface area contributed by atoms with Gasteiger partial charge in [-0.2, -0.15) is 0 Å². The summed E-state index contributed by atoms with van der Waals surface area (Å²) in [4.78, 5) is 56.8. The maximum Gasteiger partial charge on any atom is 0.325 e. The molecule has 2 saturated heterocycles. The van der Waals surface area contributed by atoms with Gasteiger partial charge in [-0.25, -0.2) is 4.90 Å². The molecule has 3 N–H and O–H groups in total. The molecule has 220 valence electrons. The van der Waals surface area contributed by atoms with Crippen molar-refractivity contribution in [3.63, 3.8) is 0 Å². The lowest BCUT2D eigenvalue weighted by atomic mass is 9.76. The molecule has 1 aromatic heterocycles. The number of non-ortho nitro benzene ring substituents is 1. The van der Waals surface area contributed by atoms with E-state index in [9.17, 15) is 29.6 Å². The van der Waals surface area contributed by atoms with Crippen molar-refractivity contribution >= 4 is 40.1 Å². The number of nitro groups is 1. The van der Waals surface area contributed by atoms with Gasteiger partial charge in [-0.15, -0.1) is 0 Å². The molecule has 12 heteroatoms. The average molecular weight is 585 g/mol. The second kappa shape index (κ2) is 10.2. The Hall–Kier alpha value is -5.23. The molecule has 0 aliphatic carbocycles. The van der Waals surface area contributed by atoms with E-state index < -0.39 is 46.1 Å². The molecule has 4 unspecified atom stereocenters. The van der Waals surface area contributed by atoms with E-state index in [2.05, 4.69) is 10.3 Å². The number of nitro benzene ring substituents is 1. The number of anilines is 1. The Morgan fingerprint density at radius 3 is 2.53 bits per heavy atom.